The third kappa shape index (κ3) is 4.74. The number of hydrogen-bond acceptors (Lipinski definition) is 5. The van der Waals surface area contributed by atoms with Gasteiger partial charge in [0.05, 0.1) is 0 Å². The maximum absolute atomic E-state index is 12.7. The van der Waals surface area contributed by atoms with Gasteiger partial charge in [-0.3, -0.25) is 4.79 Å². The number of aromatic amines is 1. The SMILES string of the molecule is CCc1cc(=O)oc2cc(OC(C)C(=O)NC(Cc3c[nH]c4ccccc34)C(=O)O)ccc12. The number of rotatable bonds is 8. The molecule has 8 heteroatoms. The number of carboxylic acid groups (broad SMARTS) is 1. The largest absolute Gasteiger partial charge is 0.481 e. The van der Waals surface area contributed by atoms with Crippen molar-refractivity contribution in [2.75, 3.05) is 0 Å². The smallest absolute Gasteiger partial charge is 0.336 e. The van der Waals surface area contributed by atoms with Crippen LogP contribution in [0.25, 0.3) is 21.9 Å². The quantitative estimate of drug-likeness (QED) is 0.355. The number of aromatic nitrogens is 1. The first kappa shape index (κ1) is 22.1. The fourth-order valence-electron chi connectivity index (χ4n) is 3.84. The van der Waals surface area contributed by atoms with E-state index in [-0.39, 0.29) is 6.42 Å². The number of amides is 1. The van der Waals surface area contributed by atoms with Gasteiger partial charge in [0.25, 0.3) is 5.91 Å². The second-order valence-corrected chi connectivity index (χ2v) is 7.83. The summed E-state index contributed by atoms with van der Waals surface area (Å²) >= 11 is 0. The van der Waals surface area contributed by atoms with Crippen molar-refractivity contribution in [2.45, 2.75) is 38.8 Å². The van der Waals surface area contributed by atoms with Crippen LogP contribution in [-0.2, 0) is 22.4 Å². The Labute approximate surface area is 189 Å². The summed E-state index contributed by atoms with van der Waals surface area (Å²) in [6, 6.07) is 12.9. The summed E-state index contributed by atoms with van der Waals surface area (Å²) in [6.45, 7) is 3.48. The second kappa shape index (κ2) is 9.20. The van der Waals surface area contributed by atoms with Crippen LogP contribution in [0.3, 0.4) is 0 Å². The monoisotopic (exact) mass is 448 g/mol. The molecule has 2 aromatic carbocycles. The first-order valence-electron chi connectivity index (χ1n) is 10.7. The summed E-state index contributed by atoms with van der Waals surface area (Å²) < 4.78 is 11.0. The highest BCUT2D eigenvalue weighted by Crippen LogP contribution is 2.24. The van der Waals surface area contributed by atoms with Crippen molar-refractivity contribution in [3.8, 4) is 5.75 Å². The number of ether oxygens (including phenoxy) is 1. The third-order valence-electron chi connectivity index (χ3n) is 5.58. The summed E-state index contributed by atoms with van der Waals surface area (Å²) in [7, 11) is 0. The van der Waals surface area contributed by atoms with Crippen molar-refractivity contribution in [3.63, 3.8) is 0 Å². The minimum absolute atomic E-state index is 0.124. The maximum atomic E-state index is 12.7. The summed E-state index contributed by atoms with van der Waals surface area (Å²) in [5.41, 5.74) is 2.47. The Kier molecular flexibility index (Phi) is 6.17. The molecular formula is C25H24N2O6. The van der Waals surface area contributed by atoms with Crippen LogP contribution in [0.4, 0.5) is 0 Å². The fourth-order valence-corrected chi connectivity index (χ4v) is 3.84. The van der Waals surface area contributed by atoms with Crippen LogP contribution in [0.1, 0.15) is 25.0 Å². The predicted molar refractivity (Wildman–Crippen MR) is 124 cm³/mol. The predicted octanol–water partition coefficient (Wildman–Crippen LogP) is 3.42. The molecule has 0 radical (unpaired) electrons. The molecule has 0 saturated heterocycles. The Balaban J connectivity index is 1.47. The molecule has 0 bridgehead atoms. The van der Waals surface area contributed by atoms with E-state index < -0.39 is 29.6 Å². The van der Waals surface area contributed by atoms with Crippen LogP contribution >= 0.6 is 0 Å². The standard InChI is InChI=1S/C25H24N2O6/c1-3-15-11-23(28)33-22-12-17(8-9-19(15)22)32-14(2)24(29)27-21(25(30)31)10-16-13-26-20-7-5-4-6-18(16)20/h4-9,11-14,21,26H,3,10H2,1-2H3,(H,27,29)(H,30,31). The van der Waals surface area contributed by atoms with E-state index in [1.807, 2.05) is 31.2 Å². The number of carboxylic acids is 1. The number of hydrogen-bond donors (Lipinski definition) is 3. The third-order valence-corrected chi connectivity index (χ3v) is 5.58. The zero-order valence-electron chi connectivity index (χ0n) is 18.3. The van der Waals surface area contributed by atoms with Crippen LogP contribution in [0.15, 0.2) is 63.9 Å². The van der Waals surface area contributed by atoms with Crippen molar-refractivity contribution in [3.05, 3.63) is 76.3 Å². The van der Waals surface area contributed by atoms with E-state index in [0.29, 0.717) is 17.8 Å². The number of H-pyrrole nitrogens is 1. The summed E-state index contributed by atoms with van der Waals surface area (Å²) in [5.74, 6) is -1.36. The van der Waals surface area contributed by atoms with Crippen LogP contribution in [0, 0.1) is 0 Å². The number of carbonyl (C=O) groups is 2. The number of para-hydroxylation sites is 1. The molecule has 0 aliphatic carbocycles. The van der Waals surface area contributed by atoms with Crippen molar-refractivity contribution in [1.29, 1.82) is 0 Å². The second-order valence-electron chi connectivity index (χ2n) is 7.83. The Bertz CT molecular complexity index is 1390. The normalized spacial score (nSPS) is 13.0. The molecule has 2 heterocycles. The number of aryl methyl sites for hydroxylation is 1. The van der Waals surface area contributed by atoms with Crippen molar-refractivity contribution in [2.24, 2.45) is 0 Å². The van der Waals surface area contributed by atoms with Gasteiger partial charge in [0.15, 0.2) is 6.10 Å². The lowest BCUT2D eigenvalue weighted by Crippen LogP contribution is -2.47. The van der Waals surface area contributed by atoms with E-state index in [1.54, 1.807) is 24.4 Å². The molecule has 0 saturated carbocycles. The maximum Gasteiger partial charge on any atom is 0.336 e. The molecule has 0 aliphatic rings. The topological polar surface area (TPSA) is 122 Å². The lowest BCUT2D eigenvalue weighted by atomic mass is 10.0. The number of fused-ring (bicyclic) bond motifs is 2. The molecule has 0 fully saturated rings. The number of benzene rings is 2. The molecule has 2 atom stereocenters. The van der Waals surface area contributed by atoms with Gasteiger partial charge in [-0.2, -0.15) is 0 Å². The average molecular weight is 448 g/mol. The van der Waals surface area contributed by atoms with Gasteiger partial charge in [-0.1, -0.05) is 25.1 Å². The molecule has 1 amide bonds. The summed E-state index contributed by atoms with van der Waals surface area (Å²) in [5, 5.41) is 13.9. The van der Waals surface area contributed by atoms with Crippen molar-refractivity contribution in [1.82, 2.24) is 10.3 Å². The molecule has 4 aromatic rings. The van der Waals surface area contributed by atoms with Crippen LogP contribution in [0.5, 0.6) is 5.75 Å². The highest BCUT2D eigenvalue weighted by molar-refractivity contribution is 5.88. The van der Waals surface area contributed by atoms with Crippen LogP contribution < -0.4 is 15.7 Å². The van der Waals surface area contributed by atoms with Gasteiger partial charge in [-0.15, -0.1) is 0 Å². The molecule has 0 spiro atoms. The van der Waals surface area contributed by atoms with E-state index in [1.165, 1.54) is 13.0 Å². The van der Waals surface area contributed by atoms with Gasteiger partial charge in [0, 0.05) is 41.0 Å². The highest BCUT2D eigenvalue weighted by atomic mass is 16.5. The fraction of sp³-hybridized carbons (Fsp3) is 0.240. The molecule has 170 valence electrons. The van der Waals surface area contributed by atoms with E-state index in [2.05, 4.69) is 10.3 Å². The summed E-state index contributed by atoms with van der Waals surface area (Å²) in [4.78, 5) is 39.4. The molecule has 4 rings (SSSR count). The summed E-state index contributed by atoms with van der Waals surface area (Å²) in [6.07, 6.45) is 1.58. The Morgan fingerprint density at radius 2 is 1.91 bits per heavy atom. The number of aliphatic carboxylic acids is 1. The minimum Gasteiger partial charge on any atom is -0.481 e. The van der Waals surface area contributed by atoms with Gasteiger partial charge in [0.1, 0.15) is 17.4 Å². The average Bonchev–Trinajstić information content (AvgIpc) is 3.20. The molecule has 33 heavy (non-hydrogen) atoms. The zero-order chi connectivity index (χ0) is 23.5. The van der Waals surface area contributed by atoms with Crippen LogP contribution in [0.2, 0.25) is 0 Å². The van der Waals surface area contributed by atoms with Gasteiger partial charge in [-0.05, 0) is 42.7 Å². The van der Waals surface area contributed by atoms with Gasteiger partial charge in [-0.25, -0.2) is 9.59 Å². The number of nitrogens with one attached hydrogen (secondary N) is 2. The molecule has 8 nitrogen and oxygen atoms in total. The van der Waals surface area contributed by atoms with Gasteiger partial charge in [0.2, 0.25) is 0 Å². The Morgan fingerprint density at radius 3 is 2.67 bits per heavy atom. The van der Waals surface area contributed by atoms with E-state index in [0.717, 1.165) is 27.4 Å². The van der Waals surface area contributed by atoms with Gasteiger partial charge < -0.3 is 24.6 Å². The van der Waals surface area contributed by atoms with Crippen LogP contribution in [-0.4, -0.2) is 34.1 Å². The van der Waals surface area contributed by atoms with Gasteiger partial charge >= 0.3 is 11.6 Å². The van der Waals surface area contributed by atoms with Crippen molar-refractivity contribution >= 4 is 33.7 Å². The lowest BCUT2D eigenvalue weighted by Gasteiger charge is -2.19. The first-order valence-corrected chi connectivity index (χ1v) is 10.7. The Morgan fingerprint density at radius 1 is 1.12 bits per heavy atom. The molecule has 2 aromatic heterocycles. The molecule has 3 N–H and O–H groups in total. The zero-order valence-corrected chi connectivity index (χ0v) is 18.3. The Hall–Kier alpha value is -4.07. The minimum atomic E-state index is -1.14. The molecular weight excluding hydrogens is 424 g/mol. The van der Waals surface area contributed by atoms with E-state index in [4.69, 9.17) is 9.15 Å². The highest BCUT2D eigenvalue weighted by Gasteiger charge is 2.25. The van der Waals surface area contributed by atoms with E-state index >= 15 is 0 Å². The molecule has 2 unspecified atom stereocenters. The van der Waals surface area contributed by atoms with Crippen molar-refractivity contribution < 1.29 is 23.8 Å². The lowest BCUT2D eigenvalue weighted by molar-refractivity contribution is -0.142. The molecule has 0 aliphatic heterocycles. The first-order chi connectivity index (χ1) is 15.9. The van der Waals surface area contributed by atoms with E-state index in [9.17, 15) is 19.5 Å². The number of carbonyl (C=O) groups excluding carboxylic acids is 1.